The summed E-state index contributed by atoms with van der Waals surface area (Å²) < 4.78 is 10.7. The van der Waals surface area contributed by atoms with Crippen LogP contribution in [0.25, 0.3) is 0 Å². The van der Waals surface area contributed by atoms with Crippen LogP contribution in [0.1, 0.15) is 65.7 Å². The highest BCUT2D eigenvalue weighted by molar-refractivity contribution is 6.34. The first-order valence-corrected chi connectivity index (χ1v) is 9.82. The molecule has 0 aliphatic carbocycles. The van der Waals surface area contributed by atoms with Gasteiger partial charge in [0, 0.05) is 5.56 Å². The second-order valence-corrected chi connectivity index (χ2v) is 9.56. The molecule has 0 saturated carbocycles. The van der Waals surface area contributed by atoms with E-state index in [0.717, 1.165) is 4.90 Å². The highest BCUT2D eigenvalue weighted by Crippen LogP contribution is 2.37. The molecule has 0 radical (unpaired) electrons. The zero-order chi connectivity index (χ0) is 23.1. The maximum Gasteiger partial charge on any atom is 0.421 e. The Balaban J connectivity index is 2.63. The molecule has 1 N–H and O–H groups in total. The van der Waals surface area contributed by atoms with Crippen molar-refractivity contribution in [1.29, 1.82) is 0 Å². The maximum atomic E-state index is 13.6. The van der Waals surface area contributed by atoms with Gasteiger partial charge >= 0.3 is 12.2 Å². The quantitative estimate of drug-likeness (QED) is 0.727. The maximum absolute atomic E-state index is 13.6. The smallest absolute Gasteiger partial charge is 0.421 e. The van der Waals surface area contributed by atoms with Gasteiger partial charge in [0.2, 0.25) is 0 Å². The first kappa shape index (κ1) is 23.4. The molecule has 30 heavy (non-hydrogen) atoms. The normalized spacial score (nSPS) is 19.4. The monoisotopic (exact) mass is 418 g/mol. The Morgan fingerprint density at radius 2 is 1.50 bits per heavy atom. The third-order valence-electron chi connectivity index (χ3n) is 4.43. The van der Waals surface area contributed by atoms with E-state index in [1.165, 1.54) is 12.1 Å². The molecule has 1 heterocycles. The van der Waals surface area contributed by atoms with Gasteiger partial charge in [-0.05, 0) is 59.6 Å². The van der Waals surface area contributed by atoms with Crippen molar-refractivity contribution in [2.24, 2.45) is 5.92 Å². The molecule has 0 bridgehead atoms. The Hall–Kier alpha value is -2.90. The van der Waals surface area contributed by atoms with Crippen LogP contribution < -0.4 is 10.2 Å². The molecule has 8 nitrogen and oxygen atoms in total. The van der Waals surface area contributed by atoms with Gasteiger partial charge in [-0.3, -0.25) is 14.9 Å². The van der Waals surface area contributed by atoms with E-state index < -0.39 is 46.5 Å². The van der Waals surface area contributed by atoms with Crippen LogP contribution >= 0.6 is 0 Å². The van der Waals surface area contributed by atoms with Crippen LogP contribution in [0.3, 0.4) is 0 Å². The van der Waals surface area contributed by atoms with Gasteiger partial charge in [0.05, 0.1) is 5.69 Å². The van der Waals surface area contributed by atoms with E-state index >= 15 is 0 Å². The third kappa shape index (κ3) is 4.47. The van der Waals surface area contributed by atoms with E-state index in [1.54, 1.807) is 67.5 Å². The average molecular weight is 418 g/mol. The molecule has 0 aromatic heterocycles. The van der Waals surface area contributed by atoms with Gasteiger partial charge in [-0.2, -0.15) is 0 Å². The number of hydrogen-bond donors (Lipinski definition) is 1. The SMILES string of the molecule is CC(C)[C@]1(NC(=O)OC(C)(C)C)C(=O)c2ccccc2N(C(=O)OC(C)(C)C)C1=O. The number of para-hydroxylation sites is 1. The molecule has 2 rings (SSSR count). The summed E-state index contributed by atoms with van der Waals surface area (Å²) in [5.41, 5.74) is -3.48. The van der Waals surface area contributed by atoms with Gasteiger partial charge in [0.25, 0.3) is 5.91 Å². The molecule has 3 amide bonds. The first-order valence-electron chi connectivity index (χ1n) is 9.82. The van der Waals surface area contributed by atoms with E-state index in [9.17, 15) is 19.2 Å². The fourth-order valence-corrected chi connectivity index (χ4v) is 3.17. The fraction of sp³-hybridized carbons (Fsp3) is 0.545. The average Bonchev–Trinajstić information content (AvgIpc) is 2.55. The van der Waals surface area contributed by atoms with Crippen molar-refractivity contribution in [3.63, 3.8) is 0 Å². The van der Waals surface area contributed by atoms with Gasteiger partial charge in [-0.25, -0.2) is 14.5 Å². The van der Waals surface area contributed by atoms with Gasteiger partial charge in [0.15, 0.2) is 11.3 Å². The van der Waals surface area contributed by atoms with Crippen LogP contribution in [0, 0.1) is 5.92 Å². The number of nitrogens with one attached hydrogen (secondary N) is 1. The number of fused-ring (bicyclic) bond motifs is 1. The zero-order valence-corrected chi connectivity index (χ0v) is 18.8. The fourth-order valence-electron chi connectivity index (χ4n) is 3.17. The summed E-state index contributed by atoms with van der Waals surface area (Å²) in [5, 5.41) is 2.47. The van der Waals surface area contributed by atoms with E-state index in [-0.39, 0.29) is 11.3 Å². The molecule has 1 aliphatic heterocycles. The topological polar surface area (TPSA) is 102 Å². The molecule has 8 heteroatoms. The number of carbonyl (C=O) groups is 4. The summed E-state index contributed by atoms with van der Waals surface area (Å²) in [6, 6.07) is 6.24. The lowest BCUT2D eigenvalue weighted by Crippen LogP contribution is -2.71. The number of alkyl carbamates (subject to hydrolysis) is 1. The number of amides is 3. The molecule has 0 fully saturated rings. The number of carbonyl (C=O) groups excluding carboxylic acids is 4. The van der Waals surface area contributed by atoms with Crippen molar-refractivity contribution >= 4 is 29.6 Å². The Kier molecular flexibility index (Phi) is 6.03. The minimum Gasteiger partial charge on any atom is -0.444 e. The van der Waals surface area contributed by atoms with E-state index in [0.29, 0.717) is 0 Å². The van der Waals surface area contributed by atoms with Gasteiger partial charge in [0.1, 0.15) is 11.2 Å². The highest BCUT2D eigenvalue weighted by Gasteiger charge is 2.58. The summed E-state index contributed by atoms with van der Waals surface area (Å²) in [4.78, 5) is 53.4. The second kappa shape index (κ2) is 7.74. The molecule has 1 aliphatic rings. The summed E-state index contributed by atoms with van der Waals surface area (Å²) in [6.45, 7) is 13.3. The van der Waals surface area contributed by atoms with Crippen LogP contribution in [0.5, 0.6) is 0 Å². The van der Waals surface area contributed by atoms with Crippen LogP contribution in [-0.4, -0.2) is 40.6 Å². The number of imide groups is 1. The Morgan fingerprint density at radius 1 is 0.967 bits per heavy atom. The minimum absolute atomic E-state index is 0.115. The number of anilines is 1. The molecule has 1 aromatic rings. The van der Waals surface area contributed by atoms with Crippen LogP contribution in [0.2, 0.25) is 0 Å². The molecule has 164 valence electrons. The van der Waals surface area contributed by atoms with Crippen molar-refractivity contribution in [3.05, 3.63) is 29.8 Å². The zero-order valence-electron chi connectivity index (χ0n) is 18.8. The minimum atomic E-state index is -2.02. The molecular weight excluding hydrogens is 388 g/mol. The summed E-state index contributed by atoms with van der Waals surface area (Å²) in [6.07, 6.45) is -1.86. The number of benzene rings is 1. The summed E-state index contributed by atoms with van der Waals surface area (Å²) in [7, 11) is 0. The summed E-state index contributed by atoms with van der Waals surface area (Å²) in [5.74, 6) is -2.17. The van der Waals surface area contributed by atoms with Gasteiger partial charge < -0.3 is 9.47 Å². The van der Waals surface area contributed by atoms with Gasteiger partial charge in [-0.15, -0.1) is 0 Å². The van der Waals surface area contributed by atoms with E-state index in [2.05, 4.69) is 5.32 Å². The van der Waals surface area contributed by atoms with Crippen molar-refractivity contribution in [2.75, 3.05) is 4.90 Å². The lowest BCUT2D eigenvalue weighted by atomic mass is 9.75. The standard InChI is InChI=1S/C22H30N2O6/c1-13(2)22(23-18(27)29-20(3,4)5)16(25)14-11-9-10-12-15(14)24(17(22)26)19(28)30-21(6,7)8/h9-13H,1-8H3,(H,23,27)/t22-/m0/s1. The lowest BCUT2D eigenvalue weighted by Gasteiger charge is -2.43. The van der Waals surface area contributed by atoms with Crippen molar-refractivity contribution in [1.82, 2.24) is 5.32 Å². The Morgan fingerprint density at radius 3 is 2.00 bits per heavy atom. The van der Waals surface area contributed by atoms with Crippen molar-refractivity contribution in [2.45, 2.75) is 72.1 Å². The molecule has 1 atom stereocenters. The Labute approximate surface area is 176 Å². The van der Waals surface area contributed by atoms with Crippen molar-refractivity contribution in [3.8, 4) is 0 Å². The summed E-state index contributed by atoms with van der Waals surface area (Å²) >= 11 is 0. The number of rotatable bonds is 2. The number of ketones is 1. The molecule has 0 spiro atoms. The predicted molar refractivity (Wildman–Crippen MR) is 111 cm³/mol. The highest BCUT2D eigenvalue weighted by atomic mass is 16.6. The number of nitrogens with zero attached hydrogens (tertiary/aromatic N) is 1. The third-order valence-corrected chi connectivity index (χ3v) is 4.43. The molecule has 1 aromatic carbocycles. The van der Waals surface area contributed by atoms with Crippen molar-refractivity contribution < 1.29 is 28.7 Å². The van der Waals surface area contributed by atoms with E-state index in [1.807, 2.05) is 0 Å². The van der Waals surface area contributed by atoms with Gasteiger partial charge in [-0.1, -0.05) is 26.0 Å². The second-order valence-electron chi connectivity index (χ2n) is 9.56. The number of Topliss-reactive ketones (excluding diaryl/α,β-unsaturated/α-hetero) is 1. The lowest BCUT2D eigenvalue weighted by molar-refractivity contribution is -0.124. The first-order chi connectivity index (χ1) is 13.6. The largest absolute Gasteiger partial charge is 0.444 e. The van der Waals surface area contributed by atoms with E-state index in [4.69, 9.17) is 9.47 Å². The predicted octanol–water partition coefficient (Wildman–Crippen LogP) is 4.07. The number of hydrogen-bond acceptors (Lipinski definition) is 6. The molecule has 0 unspecified atom stereocenters. The Bertz CT molecular complexity index is 878. The van der Waals surface area contributed by atoms with Crippen LogP contribution in [0.15, 0.2) is 24.3 Å². The van der Waals surface area contributed by atoms with Crippen LogP contribution in [-0.2, 0) is 14.3 Å². The molecule has 0 saturated heterocycles. The number of ether oxygens (including phenoxy) is 2. The molecular formula is C22H30N2O6. The van der Waals surface area contributed by atoms with Crippen LogP contribution in [0.4, 0.5) is 15.3 Å².